The Hall–Kier alpha value is -3.27. The van der Waals surface area contributed by atoms with E-state index in [0.717, 1.165) is 29.7 Å². The van der Waals surface area contributed by atoms with Gasteiger partial charge in [0.25, 0.3) is 5.91 Å². The smallest absolute Gasteiger partial charge is 0.409 e. The normalized spacial score (nSPS) is 14.5. The molecule has 0 radical (unpaired) electrons. The number of nitrogens with one attached hydrogen (secondary N) is 2. The first-order valence-corrected chi connectivity index (χ1v) is 11.7. The van der Waals surface area contributed by atoms with Crippen LogP contribution in [0.15, 0.2) is 29.6 Å². The average molecular weight is 472 g/mol. The van der Waals surface area contributed by atoms with Gasteiger partial charge in [-0.25, -0.2) is 14.2 Å². The second-order valence-corrected chi connectivity index (χ2v) is 9.12. The first-order chi connectivity index (χ1) is 15.9. The Morgan fingerprint density at radius 3 is 2.58 bits per heavy atom. The van der Waals surface area contributed by atoms with Crippen molar-refractivity contribution < 1.29 is 18.7 Å². The van der Waals surface area contributed by atoms with Gasteiger partial charge < -0.3 is 15.0 Å². The summed E-state index contributed by atoms with van der Waals surface area (Å²) in [5.74, 6) is -0.431. The summed E-state index contributed by atoms with van der Waals surface area (Å²) in [5.41, 5.74) is 3.48. The summed E-state index contributed by atoms with van der Waals surface area (Å²) in [7, 11) is 1.38. The number of rotatable bonds is 5. The van der Waals surface area contributed by atoms with Crippen LogP contribution in [0.1, 0.15) is 48.8 Å². The topological polar surface area (TPSA) is 100 Å². The van der Waals surface area contributed by atoms with Crippen molar-refractivity contribution in [1.29, 1.82) is 0 Å². The minimum atomic E-state index is -0.328. The Morgan fingerprint density at radius 2 is 1.94 bits per heavy atom. The van der Waals surface area contributed by atoms with Crippen LogP contribution in [-0.2, 0) is 4.74 Å². The lowest BCUT2D eigenvalue weighted by Gasteiger charge is -2.30. The van der Waals surface area contributed by atoms with Crippen LogP contribution in [0.2, 0.25) is 0 Å². The molecule has 0 atom stereocenters. The number of carbonyl (C=O) groups is 2. The number of carbonyl (C=O) groups excluding carboxylic acids is 2. The summed E-state index contributed by atoms with van der Waals surface area (Å²) in [5, 5.41) is 13.0. The Bertz CT molecular complexity index is 1130. The minimum absolute atomic E-state index is 0.00177. The zero-order valence-corrected chi connectivity index (χ0v) is 19.5. The van der Waals surface area contributed by atoms with Crippen molar-refractivity contribution in [3.63, 3.8) is 0 Å². The standard InChI is InChI=1S/C23H26FN5O3S/c1-13(2)25-21(30)17-12-33-22(26-17)18-19(14-4-6-16(24)7-5-14)27-28-20(18)15-8-10-29(11-9-15)23(31)32-3/h4-7,12-13,15H,8-11H2,1-3H3,(H,25,30)(H,27,28). The number of ether oxygens (including phenoxy) is 1. The van der Waals surface area contributed by atoms with Gasteiger partial charge in [-0.1, -0.05) is 0 Å². The molecule has 0 bridgehead atoms. The largest absolute Gasteiger partial charge is 0.453 e. The molecule has 4 rings (SSSR count). The second kappa shape index (κ2) is 9.70. The maximum absolute atomic E-state index is 13.5. The Morgan fingerprint density at radius 1 is 1.24 bits per heavy atom. The molecular formula is C23H26FN5O3S. The fourth-order valence-corrected chi connectivity index (χ4v) is 4.85. The Labute approximate surface area is 195 Å². The van der Waals surface area contributed by atoms with Crippen LogP contribution in [0.5, 0.6) is 0 Å². The van der Waals surface area contributed by atoms with Crippen molar-refractivity contribution in [2.24, 2.45) is 0 Å². The van der Waals surface area contributed by atoms with Gasteiger partial charge in [-0.3, -0.25) is 9.89 Å². The summed E-state index contributed by atoms with van der Waals surface area (Å²) in [6.45, 7) is 4.93. The molecule has 2 amide bonds. The van der Waals surface area contributed by atoms with E-state index in [-0.39, 0.29) is 29.8 Å². The van der Waals surface area contributed by atoms with E-state index in [9.17, 15) is 14.0 Å². The highest BCUT2D eigenvalue weighted by molar-refractivity contribution is 7.13. The van der Waals surface area contributed by atoms with Crippen molar-refractivity contribution in [3.8, 4) is 21.8 Å². The molecule has 3 heterocycles. The summed E-state index contributed by atoms with van der Waals surface area (Å²) in [6.07, 6.45) is 1.14. The molecule has 33 heavy (non-hydrogen) atoms. The molecule has 0 unspecified atom stereocenters. The number of hydrogen-bond acceptors (Lipinski definition) is 6. The molecule has 1 saturated heterocycles. The van der Waals surface area contributed by atoms with E-state index in [2.05, 4.69) is 20.5 Å². The SMILES string of the molecule is COC(=O)N1CCC(c2[nH]nc(-c3ccc(F)cc3)c2-c2nc(C(=O)NC(C)C)cs2)CC1. The fraction of sp³-hybridized carbons (Fsp3) is 0.391. The molecule has 0 spiro atoms. The number of aromatic amines is 1. The first kappa shape index (κ1) is 22.9. The number of likely N-dealkylation sites (tertiary alicyclic amines) is 1. The lowest BCUT2D eigenvalue weighted by atomic mass is 9.90. The molecule has 8 nitrogen and oxygen atoms in total. The van der Waals surface area contributed by atoms with E-state index in [1.807, 2.05) is 13.8 Å². The van der Waals surface area contributed by atoms with Crippen LogP contribution in [0.3, 0.4) is 0 Å². The molecule has 1 aliphatic heterocycles. The number of halogens is 1. The third kappa shape index (κ3) is 4.90. The van der Waals surface area contributed by atoms with Crippen molar-refractivity contribution in [1.82, 2.24) is 25.4 Å². The van der Waals surface area contributed by atoms with Crippen LogP contribution in [0.25, 0.3) is 21.8 Å². The van der Waals surface area contributed by atoms with E-state index in [1.54, 1.807) is 22.4 Å². The summed E-state index contributed by atoms with van der Waals surface area (Å²) < 4.78 is 18.4. The predicted octanol–water partition coefficient (Wildman–Crippen LogP) is 4.42. The molecule has 1 aromatic carbocycles. The Kier molecular flexibility index (Phi) is 6.73. The van der Waals surface area contributed by atoms with Gasteiger partial charge >= 0.3 is 6.09 Å². The van der Waals surface area contributed by atoms with Crippen molar-refractivity contribution in [2.75, 3.05) is 20.2 Å². The van der Waals surface area contributed by atoms with Crippen molar-refractivity contribution >= 4 is 23.3 Å². The van der Waals surface area contributed by atoms with Gasteiger partial charge in [0.2, 0.25) is 0 Å². The maximum atomic E-state index is 13.5. The predicted molar refractivity (Wildman–Crippen MR) is 124 cm³/mol. The number of methoxy groups -OCH3 is 1. The van der Waals surface area contributed by atoms with E-state index in [0.29, 0.717) is 29.5 Å². The second-order valence-electron chi connectivity index (χ2n) is 8.27. The van der Waals surface area contributed by atoms with Gasteiger partial charge in [0.05, 0.1) is 12.7 Å². The van der Waals surface area contributed by atoms with E-state index in [1.165, 1.54) is 30.6 Å². The van der Waals surface area contributed by atoms with Gasteiger partial charge in [-0.15, -0.1) is 11.3 Å². The highest BCUT2D eigenvalue weighted by atomic mass is 32.1. The quantitative estimate of drug-likeness (QED) is 0.574. The van der Waals surface area contributed by atoms with Crippen LogP contribution < -0.4 is 5.32 Å². The maximum Gasteiger partial charge on any atom is 0.409 e. The summed E-state index contributed by atoms with van der Waals surface area (Å²) in [6, 6.07) is 6.15. The lowest BCUT2D eigenvalue weighted by molar-refractivity contribution is 0.0938. The number of nitrogens with zero attached hydrogens (tertiary/aromatic N) is 3. The van der Waals surface area contributed by atoms with Crippen LogP contribution in [-0.4, -0.2) is 58.3 Å². The summed E-state index contributed by atoms with van der Waals surface area (Å²) >= 11 is 1.37. The molecule has 2 aromatic heterocycles. The molecule has 10 heteroatoms. The van der Waals surface area contributed by atoms with Crippen LogP contribution in [0, 0.1) is 5.82 Å². The molecule has 174 valence electrons. The third-order valence-corrected chi connectivity index (χ3v) is 6.48. The zero-order chi connectivity index (χ0) is 23.5. The fourth-order valence-electron chi connectivity index (χ4n) is 3.99. The average Bonchev–Trinajstić information content (AvgIpc) is 3.46. The molecule has 3 aromatic rings. The molecular weight excluding hydrogens is 445 g/mol. The minimum Gasteiger partial charge on any atom is -0.453 e. The third-order valence-electron chi connectivity index (χ3n) is 5.62. The lowest BCUT2D eigenvalue weighted by Crippen LogP contribution is -2.37. The number of aromatic nitrogens is 3. The number of hydrogen-bond donors (Lipinski definition) is 2. The highest BCUT2D eigenvalue weighted by Crippen LogP contribution is 2.41. The summed E-state index contributed by atoms with van der Waals surface area (Å²) in [4.78, 5) is 30.6. The zero-order valence-electron chi connectivity index (χ0n) is 18.7. The van der Waals surface area contributed by atoms with Gasteiger partial charge in [-0.2, -0.15) is 5.10 Å². The van der Waals surface area contributed by atoms with Gasteiger partial charge in [0, 0.05) is 41.7 Å². The van der Waals surface area contributed by atoms with E-state index in [4.69, 9.17) is 4.74 Å². The molecule has 0 aliphatic carbocycles. The number of benzene rings is 1. The van der Waals surface area contributed by atoms with Crippen molar-refractivity contribution in [2.45, 2.75) is 38.6 Å². The molecule has 1 aliphatic rings. The molecule has 2 N–H and O–H groups in total. The van der Waals surface area contributed by atoms with E-state index >= 15 is 0 Å². The Balaban J connectivity index is 1.70. The van der Waals surface area contributed by atoms with Gasteiger partial charge in [0.15, 0.2) is 0 Å². The van der Waals surface area contributed by atoms with Crippen LogP contribution >= 0.6 is 11.3 Å². The number of H-pyrrole nitrogens is 1. The number of piperidine rings is 1. The van der Waals surface area contributed by atoms with Crippen molar-refractivity contribution in [3.05, 3.63) is 46.9 Å². The first-order valence-electron chi connectivity index (χ1n) is 10.8. The monoisotopic (exact) mass is 471 g/mol. The number of amides is 2. The van der Waals surface area contributed by atoms with Crippen LogP contribution in [0.4, 0.5) is 9.18 Å². The molecule has 0 saturated carbocycles. The van der Waals surface area contributed by atoms with E-state index < -0.39 is 0 Å². The van der Waals surface area contributed by atoms with Gasteiger partial charge in [0.1, 0.15) is 22.2 Å². The molecule has 1 fully saturated rings. The highest BCUT2D eigenvalue weighted by Gasteiger charge is 2.30. The number of thiazole rings is 1. The van der Waals surface area contributed by atoms with Gasteiger partial charge in [-0.05, 0) is 51.0 Å².